The van der Waals surface area contributed by atoms with E-state index in [-0.39, 0.29) is 30.1 Å². The van der Waals surface area contributed by atoms with Crippen molar-refractivity contribution in [3.8, 4) is 0 Å². The molecule has 6 heteroatoms. The number of amides is 2. The molecule has 0 bridgehead atoms. The molecule has 2 rings (SSSR count). The van der Waals surface area contributed by atoms with Gasteiger partial charge in [0.05, 0.1) is 6.04 Å². The van der Waals surface area contributed by atoms with Crippen molar-refractivity contribution in [3.05, 3.63) is 29.8 Å². The number of halogens is 1. The van der Waals surface area contributed by atoms with Gasteiger partial charge in [0.15, 0.2) is 0 Å². The molecular weight excluding hydrogens is 314 g/mol. The Labute approximate surface area is 144 Å². The van der Waals surface area contributed by atoms with Gasteiger partial charge < -0.3 is 16.0 Å². The van der Waals surface area contributed by atoms with Gasteiger partial charge in [-0.1, -0.05) is 32.4 Å². The first kappa shape index (κ1) is 19.5. The van der Waals surface area contributed by atoms with Gasteiger partial charge in [-0.3, -0.25) is 9.59 Å². The SMILES string of the molecule is CCC(C)C(N)C(=O)NCc1ccc(N2CCCC2=O)cc1.Cl. The highest BCUT2D eigenvalue weighted by Gasteiger charge is 2.21. The first-order chi connectivity index (χ1) is 10.5. The van der Waals surface area contributed by atoms with Crippen LogP contribution in [0.4, 0.5) is 5.69 Å². The molecule has 0 aliphatic carbocycles. The van der Waals surface area contributed by atoms with E-state index in [0.29, 0.717) is 13.0 Å². The maximum absolute atomic E-state index is 11.9. The number of carbonyl (C=O) groups is 2. The van der Waals surface area contributed by atoms with E-state index in [1.807, 2.05) is 38.1 Å². The van der Waals surface area contributed by atoms with Crippen molar-refractivity contribution >= 4 is 29.9 Å². The normalized spacial score (nSPS) is 16.7. The molecule has 0 radical (unpaired) electrons. The fourth-order valence-corrected chi connectivity index (χ4v) is 2.53. The van der Waals surface area contributed by atoms with E-state index < -0.39 is 6.04 Å². The molecule has 128 valence electrons. The van der Waals surface area contributed by atoms with Crippen LogP contribution in [0.5, 0.6) is 0 Å². The van der Waals surface area contributed by atoms with Crippen molar-refractivity contribution in [2.24, 2.45) is 11.7 Å². The molecule has 0 spiro atoms. The average Bonchev–Trinajstić information content (AvgIpc) is 2.97. The number of rotatable bonds is 6. The van der Waals surface area contributed by atoms with Gasteiger partial charge in [0, 0.05) is 25.2 Å². The number of nitrogens with one attached hydrogen (secondary N) is 1. The minimum absolute atomic E-state index is 0. The van der Waals surface area contributed by atoms with Gasteiger partial charge in [0.1, 0.15) is 0 Å². The highest BCUT2D eigenvalue weighted by atomic mass is 35.5. The highest BCUT2D eigenvalue weighted by molar-refractivity contribution is 5.95. The Kier molecular flexibility index (Phi) is 7.52. The average molecular weight is 340 g/mol. The van der Waals surface area contributed by atoms with E-state index in [1.54, 1.807) is 4.90 Å². The lowest BCUT2D eigenvalue weighted by atomic mass is 9.99. The smallest absolute Gasteiger partial charge is 0.237 e. The molecule has 5 nitrogen and oxygen atoms in total. The largest absolute Gasteiger partial charge is 0.351 e. The summed E-state index contributed by atoms with van der Waals surface area (Å²) >= 11 is 0. The van der Waals surface area contributed by atoms with Gasteiger partial charge in [-0.15, -0.1) is 12.4 Å². The van der Waals surface area contributed by atoms with Crippen LogP contribution in [0.2, 0.25) is 0 Å². The summed E-state index contributed by atoms with van der Waals surface area (Å²) in [5.41, 5.74) is 7.83. The number of nitrogens with two attached hydrogens (primary N) is 1. The van der Waals surface area contributed by atoms with Gasteiger partial charge in [0.2, 0.25) is 11.8 Å². The molecule has 1 heterocycles. The predicted octanol–water partition coefficient (Wildman–Crippen LogP) is 2.22. The quantitative estimate of drug-likeness (QED) is 0.834. The first-order valence-electron chi connectivity index (χ1n) is 7.95. The van der Waals surface area contributed by atoms with Gasteiger partial charge in [0.25, 0.3) is 0 Å². The second-order valence-electron chi connectivity index (χ2n) is 5.94. The molecule has 1 saturated heterocycles. The molecule has 2 atom stereocenters. The number of anilines is 1. The molecule has 23 heavy (non-hydrogen) atoms. The fraction of sp³-hybridized carbons (Fsp3) is 0.529. The third-order valence-electron chi connectivity index (χ3n) is 4.35. The van der Waals surface area contributed by atoms with E-state index >= 15 is 0 Å². The van der Waals surface area contributed by atoms with E-state index in [4.69, 9.17) is 5.73 Å². The van der Waals surface area contributed by atoms with Crippen LogP contribution in [0.1, 0.15) is 38.7 Å². The van der Waals surface area contributed by atoms with Crippen molar-refractivity contribution in [2.45, 2.75) is 45.7 Å². The van der Waals surface area contributed by atoms with Crippen LogP contribution >= 0.6 is 12.4 Å². The Bertz CT molecular complexity index is 533. The summed E-state index contributed by atoms with van der Waals surface area (Å²) in [6.07, 6.45) is 2.43. The van der Waals surface area contributed by atoms with Crippen LogP contribution in [0.3, 0.4) is 0 Å². The summed E-state index contributed by atoms with van der Waals surface area (Å²) in [5.74, 6) is 0.234. The fourth-order valence-electron chi connectivity index (χ4n) is 2.53. The van der Waals surface area contributed by atoms with Crippen LogP contribution < -0.4 is 16.0 Å². The maximum atomic E-state index is 11.9. The minimum Gasteiger partial charge on any atom is -0.351 e. The monoisotopic (exact) mass is 339 g/mol. The second kappa shape index (κ2) is 8.89. The van der Waals surface area contributed by atoms with E-state index in [0.717, 1.165) is 30.6 Å². The van der Waals surface area contributed by atoms with Crippen molar-refractivity contribution in [1.82, 2.24) is 5.32 Å². The summed E-state index contributed by atoms with van der Waals surface area (Å²) in [6, 6.07) is 7.27. The van der Waals surface area contributed by atoms with E-state index in [1.165, 1.54) is 0 Å². The standard InChI is InChI=1S/C17H25N3O2.ClH/c1-3-12(2)16(18)17(22)19-11-13-6-8-14(9-7-13)20-10-4-5-15(20)21;/h6-9,12,16H,3-5,10-11,18H2,1-2H3,(H,19,22);1H. The van der Waals surface area contributed by atoms with Crippen molar-refractivity contribution < 1.29 is 9.59 Å². The Morgan fingerprint density at radius 2 is 2.00 bits per heavy atom. The van der Waals surface area contributed by atoms with E-state index in [2.05, 4.69) is 5.32 Å². The number of nitrogens with zero attached hydrogens (tertiary/aromatic N) is 1. The Hall–Kier alpha value is -1.59. The third kappa shape index (κ3) is 4.94. The minimum atomic E-state index is -0.466. The predicted molar refractivity (Wildman–Crippen MR) is 94.6 cm³/mol. The van der Waals surface area contributed by atoms with Crippen LogP contribution in [-0.2, 0) is 16.1 Å². The molecule has 1 aliphatic heterocycles. The van der Waals surface area contributed by atoms with Gasteiger partial charge >= 0.3 is 0 Å². The van der Waals surface area contributed by atoms with Crippen molar-refractivity contribution in [3.63, 3.8) is 0 Å². The molecule has 1 aliphatic rings. The summed E-state index contributed by atoms with van der Waals surface area (Å²) in [6.45, 7) is 5.25. The lowest BCUT2D eigenvalue weighted by Crippen LogP contribution is -2.44. The summed E-state index contributed by atoms with van der Waals surface area (Å²) in [5, 5.41) is 2.87. The van der Waals surface area contributed by atoms with Crippen molar-refractivity contribution in [2.75, 3.05) is 11.4 Å². The topological polar surface area (TPSA) is 75.4 Å². The summed E-state index contributed by atoms with van der Waals surface area (Å²) in [7, 11) is 0. The van der Waals surface area contributed by atoms with Gasteiger partial charge in [-0.25, -0.2) is 0 Å². The Balaban J connectivity index is 0.00000264. The molecule has 2 unspecified atom stereocenters. The number of hydrogen-bond acceptors (Lipinski definition) is 3. The van der Waals surface area contributed by atoms with Gasteiger partial charge in [-0.05, 0) is 30.0 Å². The first-order valence-corrected chi connectivity index (χ1v) is 7.95. The van der Waals surface area contributed by atoms with Crippen LogP contribution in [0.25, 0.3) is 0 Å². The molecule has 1 fully saturated rings. The van der Waals surface area contributed by atoms with Crippen LogP contribution in [0.15, 0.2) is 24.3 Å². The highest BCUT2D eigenvalue weighted by Crippen LogP contribution is 2.21. The van der Waals surface area contributed by atoms with Crippen LogP contribution in [0, 0.1) is 5.92 Å². The maximum Gasteiger partial charge on any atom is 0.237 e. The number of hydrogen-bond donors (Lipinski definition) is 2. The molecule has 1 aromatic rings. The number of benzene rings is 1. The molecular formula is C17H26ClN3O2. The zero-order valence-corrected chi connectivity index (χ0v) is 14.6. The zero-order chi connectivity index (χ0) is 16.1. The second-order valence-corrected chi connectivity index (χ2v) is 5.94. The molecule has 2 amide bonds. The van der Waals surface area contributed by atoms with Crippen molar-refractivity contribution in [1.29, 1.82) is 0 Å². The molecule has 0 aromatic heterocycles. The lowest BCUT2D eigenvalue weighted by Gasteiger charge is -2.18. The third-order valence-corrected chi connectivity index (χ3v) is 4.35. The lowest BCUT2D eigenvalue weighted by molar-refractivity contribution is -0.123. The van der Waals surface area contributed by atoms with E-state index in [9.17, 15) is 9.59 Å². The summed E-state index contributed by atoms with van der Waals surface area (Å²) in [4.78, 5) is 25.5. The number of carbonyl (C=O) groups excluding carboxylic acids is 2. The zero-order valence-electron chi connectivity index (χ0n) is 13.7. The summed E-state index contributed by atoms with van der Waals surface area (Å²) < 4.78 is 0. The molecule has 1 aromatic carbocycles. The van der Waals surface area contributed by atoms with Crippen LogP contribution in [-0.4, -0.2) is 24.4 Å². The Morgan fingerprint density at radius 1 is 1.35 bits per heavy atom. The Morgan fingerprint density at radius 3 is 2.52 bits per heavy atom. The molecule has 3 N–H and O–H groups in total. The van der Waals surface area contributed by atoms with Gasteiger partial charge in [-0.2, -0.15) is 0 Å². The molecule has 0 saturated carbocycles.